The van der Waals surface area contributed by atoms with Gasteiger partial charge in [0, 0.05) is 18.7 Å². The zero-order valence-electron chi connectivity index (χ0n) is 11.1. The molecule has 0 saturated heterocycles. The number of hydrogen-bond donors (Lipinski definition) is 1. The molecule has 0 saturated carbocycles. The van der Waals surface area contributed by atoms with Crippen LogP contribution in [-0.2, 0) is 0 Å². The first-order chi connectivity index (χ1) is 9.85. The fourth-order valence-electron chi connectivity index (χ4n) is 1.81. The van der Waals surface area contributed by atoms with Crippen LogP contribution in [0.4, 0.5) is 5.82 Å². The van der Waals surface area contributed by atoms with E-state index < -0.39 is 0 Å². The van der Waals surface area contributed by atoms with Gasteiger partial charge in [-0.3, -0.25) is 0 Å². The Hall–Kier alpha value is -2.50. The Labute approximate surface area is 116 Å². The fourth-order valence-corrected chi connectivity index (χ4v) is 1.81. The van der Waals surface area contributed by atoms with E-state index in [4.69, 9.17) is 14.2 Å². The van der Waals surface area contributed by atoms with Crippen molar-refractivity contribution in [3.8, 4) is 23.1 Å². The molecule has 0 amide bonds. The van der Waals surface area contributed by atoms with Crippen molar-refractivity contribution in [3.63, 3.8) is 0 Å². The summed E-state index contributed by atoms with van der Waals surface area (Å²) in [6.07, 6.45) is 2.50. The predicted octanol–water partition coefficient (Wildman–Crippen LogP) is 2.82. The van der Waals surface area contributed by atoms with Crippen LogP contribution in [-0.4, -0.2) is 23.3 Å². The normalized spacial score (nSPS) is 12.2. The maximum absolute atomic E-state index is 5.70. The van der Waals surface area contributed by atoms with Gasteiger partial charge in [-0.15, -0.1) is 0 Å². The van der Waals surface area contributed by atoms with Crippen molar-refractivity contribution in [2.45, 2.75) is 13.3 Å². The van der Waals surface area contributed by atoms with Crippen LogP contribution in [0, 0.1) is 0 Å². The van der Waals surface area contributed by atoms with Gasteiger partial charge in [-0.25, -0.2) is 9.97 Å². The lowest BCUT2D eigenvalue weighted by Crippen LogP contribution is -2.02. The average molecular weight is 273 g/mol. The number of aromatic nitrogens is 2. The van der Waals surface area contributed by atoms with Crippen LogP contribution in [0.15, 0.2) is 30.6 Å². The van der Waals surface area contributed by atoms with Crippen LogP contribution in [0.5, 0.6) is 23.1 Å². The molecule has 3 rings (SSSR count). The van der Waals surface area contributed by atoms with Crippen LogP contribution in [0.3, 0.4) is 0 Å². The summed E-state index contributed by atoms with van der Waals surface area (Å²) in [7, 11) is 0. The summed E-state index contributed by atoms with van der Waals surface area (Å²) in [5.74, 6) is 3.29. The van der Waals surface area contributed by atoms with Crippen molar-refractivity contribution < 1.29 is 14.2 Å². The molecule has 2 aromatic rings. The molecule has 1 aliphatic rings. The molecule has 2 heterocycles. The van der Waals surface area contributed by atoms with E-state index in [1.165, 1.54) is 6.33 Å². The Morgan fingerprint density at radius 3 is 3.00 bits per heavy atom. The van der Waals surface area contributed by atoms with Crippen molar-refractivity contribution in [1.29, 1.82) is 0 Å². The van der Waals surface area contributed by atoms with Gasteiger partial charge in [-0.2, -0.15) is 0 Å². The summed E-state index contributed by atoms with van der Waals surface area (Å²) in [6, 6.07) is 7.17. The summed E-state index contributed by atoms with van der Waals surface area (Å²) < 4.78 is 16.3. The van der Waals surface area contributed by atoms with Gasteiger partial charge in [0.05, 0.1) is 0 Å². The molecule has 0 bridgehead atoms. The van der Waals surface area contributed by atoms with Crippen LogP contribution in [0.1, 0.15) is 13.3 Å². The number of nitrogens with zero attached hydrogens (tertiary/aromatic N) is 2. The maximum Gasteiger partial charge on any atom is 0.231 e. The van der Waals surface area contributed by atoms with Crippen LogP contribution >= 0.6 is 0 Å². The second-order valence-corrected chi connectivity index (χ2v) is 4.29. The minimum Gasteiger partial charge on any atom is -0.454 e. The third-order valence-corrected chi connectivity index (χ3v) is 2.76. The van der Waals surface area contributed by atoms with Gasteiger partial charge < -0.3 is 19.5 Å². The first-order valence-electron chi connectivity index (χ1n) is 6.48. The molecule has 0 radical (unpaired) electrons. The van der Waals surface area contributed by atoms with Crippen LogP contribution < -0.4 is 19.5 Å². The largest absolute Gasteiger partial charge is 0.454 e. The first-order valence-corrected chi connectivity index (χ1v) is 6.48. The van der Waals surface area contributed by atoms with Crippen molar-refractivity contribution in [3.05, 3.63) is 30.6 Å². The quantitative estimate of drug-likeness (QED) is 0.903. The van der Waals surface area contributed by atoms with Gasteiger partial charge in [0.25, 0.3) is 0 Å². The van der Waals surface area contributed by atoms with E-state index in [9.17, 15) is 0 Å². The topological polar surface area (TPSA) is 65.5 Å². The summed E-state index contributed by atoms with van der Waals surface area (Å²) >= 11 is 0. The highest BCUT2D eigenvalue weighted by Gasteiger charge is 2.14. The van der Waals surface area contributed by atoms with E-state index in [1.54, 1.807) is 12.1 Å². The smallest absolute Gasteiger partial charge is 0.231 e. The standard InChI is InChI=1S/C14H15N3O3/c1-2-5-15-13-7-14(17-8-16-13)20-10-3-4-11-12(6-10)19-9-18-11/h3-4,6-8H,2,5,9H2,1H3,(H,15,16,17). The minimum absolute atomic E-state index is 0.247. The predicted molar refractivity (Wildman–Crippen MR) is 73.5 cm³/mol. The van der Waals surface area contributed by atoms with Crippen molar-refractivity contribution >= 4 is 5.82 Å². The number of nitrogens with one attached hydrogen (secondary N) is 1. The van der Waals surface area contributed by atoms with Crippen molar-refractivity contribution in [1.82, 2.24) is 9.97 Å². The monoisotopic (exact) mass is 273 g/mol. The summed E-state index contributed by atoms with van der Waals surface area (Å²) in [5.41, 5.74) is 0. The van der Waals surface area contributed by atoms with E-state index >= 15 is 0 Å². The lowest BCUT2D eigenvalue weighted by Gasteiger charge is -2.07. The summed E-state index contributed by atoms with van der Waals surface area (Å²) in [6.45, 7) is 3.20. The molecular weight excluding hydrogens is 258 g/mol. The molecule has 0 atom stereocenters. The molecule has 1 aliphatic heterocycles. The number of benzene rings is 1. The molecule has 20 heavy (non-hydrogen) atoms. The molecule has 0 fully saturated rings. The zero-order chi connectivity index (χ0) is 13.8. The third kappa shape index (κ3) is 2.74. The molecule has 0 spiro atoms. The highest BCUT2D eigenvalue weighted by molar-refractivity contribution is 5.48. The molecule has 0 aliphatic carbocycles. The average Bonchev–Trinajstić information content (AvgIpc) is 2.93. The van der Waals surface area contributed by atoms with Crippen LogP contribution in [0.2, 0.25) is 0 Å². The summed E-state index contributed by atoms with van der Waals surface area (Å²) in [5, 5.41) is 3.19. The SMILES string of the molecule is CCCNc1cc(Oc2ccc3c(c2)OCO3)ncn1. The molecule has 6 nitrogen and oxygen atoms in total. The molecule has 104 valence electrons. The van der Waals surface area contributed by atoms with E-state index in [0.717, 1.165) is 24.5 Å². The second-order valence-electron chi connectivity index (χ2n) is 4.29. The van der Waals surface area contributed by atoms with Gasteiger partial charge in [-0.05, 0) is 18.6 Å². The Morgan fingerprint density at radius 1 is 1.20 bits per heavy atom. The second kappa shape index (κ2) is 5.64. The molecule has 1 aromatic heterocycles. The Balaban J connectivity index is 1.74. The minimum atomic E-state index is 0.247. The lowest BCUT2D eigenvalue weighted by molar-refractivity contribution is 0.174. The highest BCUT2D eigenvalue weighted by Crippen LogP contribution is 2.36. The first kappa shape index (κ1) is 12.5. The lowest BCUT2D eigenvalue weighted by atomic mass is 10.3. The number of ether oxygens (including phenoxy) is 3. The zero-order valence-corrected chi connectivity index (χ0v) is 11.1. The maximum atomic E-state index is 5.70. The fraction of sp³-hybridized carbons (Fsp3) is 0.286. The van der Waals surface area contributed by atoms with Gasteiger partial charge in [0.1, 0.15) is 17.9 Å². The van der Waals surface area contributed by atoms with Crippen molar-refractivity contribution in [2.24, 2.45) is 0 Å². The number of fused-ring (bicyclic) bond motifs is 1. The van der Waals surface area contributed by atoms with Crippen LogP contribution in [0.25, 0.3) is 0 Å². The number of rotatable bonds is 5. The van der Waals surface area contributed by atoms with Gasteiger partial charge >= 0.3 is 0 Å². The number of hydrogen-bond acceptors (Lipinski definition) is 6. The third-order valence-electron chi connectivity index (χ3n) is 2.76. The Kier molecular flexibility index (Phi) is 3.54. The van der Waals surface area contributed by atoms with E-state index in [1.807, 2.05) is 12.1 Å². The van der Waals surface area contributed by atoms with Gasteiger partial charge in [-0.1, -0.05) is 6.92 Å². The van der Waals surface area contributed by atoms with E-state index in [-0.39, 0.29) is 6.79 Å². The molecule has 1 aromatic carbocycles. The van der Waals surface area contributed by atoms with E-state index in [2.05, 4.69) is 22.2 Å². The number of anilines is 1. The Bertz CT molecular complexity index is 604. The van der Waals surface area contributed by atoms with E-state index in [0.29, 0.717) is 17.4 Å². The highest BCUT2D eigenvalue weighted by atomic mass is 16.7. The van der Waals surface area contributed by atoms with Gasteiger partial charge in [0.15, 0.2) is 11.5 Å². The van der Waals surface area contributed by atoms with Gasteiger partial charge in [0.2, 0.25) is 12.7 Å². The molecule has 6 heteroatoms. The molecule has 1 N–H and O–H groups in total. The summed E-state index contributed by atoms with van der Waals surface area (Å²) in [4.78, 5) is 8.22. The molecule has 0 unspecified atom stereocenters. The van der Waals surface area contributed by atoms with Crippen molar-refractivity contribution in [2.75, 3.05) is 18.7 Å². The Morgan fingerprint density at radius 2 is 2.10 bits per heavy atom. The molecular formula is C14H15N3O3.